The van der Waals surface area contributed by atoms with Gasteiger partial charge in [-0.25, -0.2) is 4.52 Å². The lowest BCUT2D eigenvalue weighted by atomic mass is 10.0. The van der Waals surface area contributed by atoms with Crippen LogP contribution in [0.25, 0.3) is 16.6 Å². The summed E-state index contributed by atoms with van der Waals surface area (Å²) in [6.07, 6.45) is 7.76. The summed E-state index contributed by atoms with van der Waals surface area (Å²) in [5.41, 5.74) is 3.52. The van der Waals surface area contributed by atoms with Gasteiger partial charge in [0.25, 0.3) is 5.91 Å². The summed E-state index contributed by atoms with van der Waals surface area (Å²) >= 11 is 1.43. The van der Waals surface area contributed by atoms with Crippen LogP contribution in [-0.4, -0.2) is 54.5 Å². The van der Waals surface area contributed by atoms with Crippen molar-refractivity contribution < 1.29 is 9.90 Å². The quantitative estimate of drug-likeness (QED) is 0.446. The Labute approximate surface area is 212 Å². The van der Waals surface area contributed by atoms with Gasteiger partial charge in [0.1, 0.15) is 18.2 Å². The van der Waals surface area contributed by atoms with Crippen LogP contribution >= 0.6 is 11.8 Å². The number of aromatic nitrogens is 4. The lowest BCUT2D eigenvalue weighted by Gasteiger charge is -2.32. The maximum atomic E-state index is 12.1. The van der Waals surface area contributed by atoms with Crippen LogP contribution in [0.3, 0.4) is 0 Å². The van der Waals surface area contributed by atoms with Crippen molar-refractivity contribution in [1.82, 2.24) is 24.3 Å². The van der Waals surface area contributed by atoms with Gasteiger partial charge in [-0.15, -0.1) is 0 Å². The van der Waals surface area contributed by atoms with Crippen molar-refractivity contribution in [2.75, 3.05) is 13.1 Å². The fourth-order valence-corrected chi connectivity index (χ4v) is 5.56. The van der Waals surface area contributed by atoms with Crippen LogP contribution in [0, 0.1) is 22.7 Å². The molecule has 180 valence electrons. The number of hydrogen-bond acceptors (Lipinski definition) is 7. The summed E-state index contributed by atoms with van der Waals surface area (Å²) in [5.74, 6) is -0.234. The summed E-state index contributed by atoms with van der Waals surface area (Å²) in [5, 5.41) is 37.7. The molecular formula is C26H23N7O2S. The summed E-state index contributed by atoms with van der Waals surface area (Å²) in [4.78, 5) is 15.4. The molecule has 0 bridgehead atoms. The van der Waals surface area contributed by atoms with E-state index in [2.05, 4.69) is 22.3 Å². The molecule has 1 saturated heterocycles. The molecule has 1 fully saturated rings. The molecule has 36 heavy (non-hydrogen) atoms. The fourth-order valence-electron chi connectivity index (χ4n) is 4.47. The number of amides is 1. The topological polar surface area (TPSA) is 123 Å². The minimum absolute atomic E-state index is 0.159. The maximum Gasteiger partial charge on any atom is 0.251 e. The SMILES string of the molecule is C[C@H](O)C(=O)N1CCC(n2cc(-c3cc(Sc4ccccc4C#N)c4c(C#N)cnn4c3)cn2)CC1. The third-order valence-corrected chi connectivity index (χ3v) is 7.47. The Kier molecular flexibility index (Phi) is 6.47. The lowest BCUT2D eigenvalue weighted by molar-refractivity contribution is -0.140. The van der Waals surface area contributed by atoms with E-state index in [1.54, 1.807) is 27.9 Å². The normalized spacial score (nSPS) is 14.9. The number of hydrogen-bond donors (Lipinski definition) is 1. The number of carbonyl (C=O) groups excluding carboxylic acids is 1. The Bertz CT molecular complexity index is 1520. The minimum atomic E-state index is -0.983. The number of piperidine rings is 1. The maximum absolute atomic E-state index is 12.1. The first-order valence-corrected chi connectivity index (χ1v) is 12.4. The predicted octanol–water partition coefficient (Wildman–Crippen LogP) is 3.64. The standard InChI is InChI=1S/C26H23N7O2S/c1-17(34)26(35)31-8-6-22(7-9-31)32-16-21(14-29-32)19-10-24(25-20(12-28)13-30-33(25)15-19)36-23-5-3-2-4-18(23)11-27/h2-5,10,13-17,22,34H,6-9H2,1H3/t17-/m0/s1. The van der Waals surface area contributed by atoms with Gasteiger partial charge in [-0.3, -0.25) is 9.48 Å². The first-order valence-electron chi connectivity index (χ1n) is 11.6. The van der Waals surface area contributed by atoms with Crippen molar-refractivity contribution in [3.05, 3.63) is 66.2 Å². The number of nitriles is 2. The van der Waals surface area contributed by atoms with Crippen LogP contribution in [0.4, 0.5) is 0 Å². The molecule has 1 atom stereocenters. The molecule has 1 aliphatic rings. The number of aliphatic hydroxyl groups is 1. The van der Waals surface area contributed by atoms with Crippen molar-refractivity contribution in [3.8, 4) is 23.3 Å². The van der Waals surface area contributed by atoms with Crippen LogP contribution in [0.1, 0.15) is 36.9 Å². The summed E-state index contributed by atoms with van der Waals surface area (Å²) in [6.45, 7) is 2.66. The smallest absolute Gasteiger partial charge is 0.251 e. The number of fused-ring (bicyclic) bond motifs is 1. The van der Waals surface area contributed by atoms with Crippen molar-refractivity contribution in [2.45, 2.75) is 41.7 Å². The molecule has 1 amide bonds. The zero-order chi connectivity index (χ0) is 25.2. The molecule has 10 heteroatoms. The molecule has 1 N–H and O–H groups in total. The highest BCUT2D eigenvalue weighted by Gasteiger charge is 2.26. The molecule has 1 aliphatic heterocycles. The highest BCUT2D eigenvalue weighted by Crippen LogP contribution is 2.37. The summed E-state index contributed by atoms with van der Waals surface area (Å²) in [7, 11) is 0. The zero-order valence-electron chi connectivity index (χ0n) is 19.6. The monoisotopic (exact) mass is 497 g/mol. The largest absolute Gasteiger partial charge is 0.384 e. The van der Waals surface area contributed by atoms with Gasteiger partial charge < -0.3 is 10.0 Å². The van der Waals surface area contributed by atoms with Crippen LogP contribution in [0.2, 0.25) is 0 Å². The molecule has 4 aromatic rings. The van der Waals surface area contributed by atoms with Crippen LogP contribution in [0.5, 0.6) is 0 Å². The molecule has 1 aromatic carbocycles. The van der Waals surface area contributed by atoms with Crippen molar-refractivity contribution in [1.29, 1.82) is 10.5 Å². The first-order chi connectivity index (χ1) is 17.5. The third-order valence-electron chi connectivity index (χ3n) is 6.37. The van der Waals surface area contributed by atoms with Gasteiger partial charge in [0, 0.05) is 46.4 Å². The Morgan fingerprint density at radius 3 is 2.53 bits per heavy atom. The lowest BCUT2D eigenvalue weighted by Crippen LogP contribution is -2.43. The average molecular weight is 498 g/mol. The Morgan fingerprint density at radius 1 is 1.06 bits per heavy atom. The third kappa shape index (κ3) is 4.44. The molecule has 0 radical (unpaired) electrons. The van der Waals surface area contributed by atoms with E-state index < -0.39 is 6.10 Å². The molecule has 0 aliphatic carbocycles. The number of rotatable bonds is 5. The van der Waals surface area contributed by atoms with Gasteiger partial charge in [-0.2, -0.15) is 20.7 Å². The number of nitrogens with zero attached hydrogens (tertiary/aromatic N) is 7. The second kappa shape index (κ2) is 9.86. The molecular weight excluding hydrogens is 474 g/mol. The van der Waals surface area contributed by atoms with E-state index in [1.807, 2.05) is 41.3 Å². The van der Waals surface area contributed by atoms with Gasteiger partial charge in [0.2, 0.25) is 0 Å². The Hall–Kier alpha value is -4.12. The van der Waals surface area contributed by atoms with Crippen LogP contribution in [0.15, 0.2) is 64.9 Å². The van der Waals surface area contributed by atoms with Crippen LogP contribution < -0.4 is 0 Å². The molecule has 0 saturated carbocycles. The van der Waals surface area contributed by atoms with Crippen molar-refractivity contribution >= 4 is 23.2 Å². The number of benzene rings is 1. The zero-order valence-corrected chi connectivity index (χ0v) is 20.4. The molecule has 0 unspecified atom stereocenters. The molecule has 4 heterocycles. The van der Waals surface area contributed by atoms with Gasteiger partial charge in [0.05, 0.1) is 35.1 Å². The van der Waals surface area contributed by atoms with Crippen molar-refractivity contribution in [2.24, 2.45) is 0 Å². The first kappa shape index (κ1) is 23.6. The fraction of sp³-hybridized carbons (Fsp3) is 0.269. The number of pyridine rings is 1. The van der Waals surface area contributed by atoms with E-state index in [0.717, 1.165) is 33.8 Å². The average Bonchev–Trinajstić information content (AvgIpc) is 3.56. The van der Waals surface area contributed by atoms with Gasteiger partial charge in [0.15, 0.2) is 0 Å². The van der Waals surface area contributed by atoms with Crippen molar-refractivity contribution in [3.63, 3.8) is 0 Å². The molecule has 5 rings (SSSR count). The molecule has 0 spiro atoms. The van der Waals surface area contributed by atoms with E-state index >= 15 is 0 Å². The van der Waals surface area contributed by atoms with E-state index in [-0.39, 0.29) is 11.9 Å². The van der Waals surface area contributed by atoms with Gasteiger partial charge >= 0.3 is 0 Å². The minimum Gasteiger partial charge on any atom is -0.384 e. The highest BCUT2D eigenvalue weighted by atomic mass is 32.2. The molecule has 3 aromatic heterocycles. The second-order valence-corrected chi connectivity index (χ2v) is 9.79. The summed E-state index contributed by atoms with van der Waals surface area (Å²) < 4.78 is 3.63. The van der Waals surface area contributed by atoms with Gasteiger partial charge in [-0.05, 0) is 38.0 Å². The van der Waals surface area contributed by atoms with E-state index in [4.69, 9.17) is 0 Å². The van der Waals surface area contributed by atoms with Crippen LogP contribution in [-0.2, 0) is 4.79 Å². The van der Waals surface area contributed by atoms with E-state index in [9.17, 15) is 20.4 Å². The van der Waals surface area contributed by atoms with E-state index in [0.29, 0.717) is 29.7 Å². The molecule has 9 nitrogen and oxygen atoms in total. The highest BCUT2D eigenvalue weighted by molar-refractivity contribution is 7.99. The number of carbonyl (C=O) groups is 1. The van der Waals surface area contributed by atoms with E-state index in [1.165, 1.54) is 18.7 Å². The number of aliphatic hydroxyl groups excluding tert-OH is 1. The summed E-state index contributed by atoms with van der Waals surface area (Å²) in [6, 6.07) is 14.0. The second-order valence-electron chi connectivity index (χ2n) is 8.71. The Morgan fingerprint density at radius 2 is 1.81 bits per heavy atom. The predicted molar refractivity (Wildman–Crippen MR) is 133 cm³/mol. The number of likely N-dealkylation sites (tertiary alicyclic amines) is 1. The van der Waals surface area contributed by atoms with Gasteiger partial charge in [-0.1, -0.05) is 23.9 Å². The Balaban J connectivity index is 1.45.